The first-order chi connectivity index (χ1) is 8.90. The summed E-state index contributed by atoms with van der Waals surface area (Å²) in [5.41, 5.74) is 2.86. The average Bonchev–Trinajstić information content (AvgIpc) is 2.31. The molecule has 0 saturated carbocycles. The molecule has 1 aromatic carbocycles. The van der Waals surface area contributed by atoms with Gasteiger partial charge in [-0.05, 0) is 32.0 Å². The van der Waals surface area contributed by atoms with Crippen LogP contribution in [0.4, 0.5) is 5.69 Å². The van der Waals surface area contributed by atoms with Crippen LogP contribution in [0.3, 0.4) is 0 Å². The van der Waals surface area contributed by atoms with Crippen LogP contribution in [-0.4, -0.2) is 42.0 Å². The molecule has 0 bridgehead atoms. The predicted molar refractivity (Wildman–Crippen MR) is 74.3 cm³/mol. The molecule has 19 heavy (non-hydrogen) atoms. The van der Waals surface area contributed by atoms with Crippen molar-refractivity contribution in [2.45, 2.75) is 20.3 Å². The minimum Gasteiger partial charge on any atom is -0.481 e. The minimum atomic E-state index is -0.859. The highest BCUT2D eigenvalue weighted by molar-refractivity contribution is 5.93. The first-order valence-corrected chi connectivity index (χ1v) is 6.16. The van der Waals surface area contributed by atoms with Gasteiger partial charge < -0.3 is 10.4 Å². The molecule has 104 valence electrons. The lowest BCUT2D eigenvalue weighted by molar-refractivity contribution is -0.137. The molecule has 0 saturated heterocycles. The van der Waals surface area contributed by atoms with E-state index in [1.165, 1.54) is 0 Å². The number of para-hydroxylation sites is 1. The number of amides is 1. The third-order valence-electron chi connectivity index (χ3n) is 2.87. The number of carbonyl (C=O) groups is 2. The fourth-order valence-corrected chi connectivity index (χ4v) is 1.80. The number of carboxylic acid groups (broad SMARTS) is 1. The Balaban J connectivity index is 2.53. The normalized spacial score (nSPS) is 10.5. The molecule has 0 unspecified atom stereocenters. The summed E-state index contributed by atoms with van der Waals surface area (Å²) in [6.07, 6.45) is 0.0349. The molecule has 0 aliphatic carbocycles. The Morgan fingerprint density at radius 2 is 1.84 bits per heavy atom. The van der Waals surface area contributed by atoms with Gasteiger partial charge >= 0.3 is 5.97 Å². The fourth-order valence-electron chi connectivity index (χ4n) is 1.80. The number of aliphatic carboxylic acids is 1. The first kappa shape index (κ1) is 15.2. The first-order valence-electron chi connectivity index (χ1n) is 6.16. The molecule has 1 rings (SSSR count). The van der Waals surface area contributed by atoms with Crippen LogP contribution in [0.25, 0.3) is 0 Å². The fraction of sp³-hybridized carbons (Fsp3) is 0.429. The number of likely N-dealkylation sites (N-methyl/N-ethyl adjacent to an activating group) is 1. The van der Waals surface area contributed by atoms with Crippen molar-refractivity contribution in [2.75, 3.05) is 25.5 Å². The van der Waals surface area contributed by atoms with E-state index in [-0.39, 0.29) is 18.9 Å². The largest absolute Gasteiger partial charge is 0.481 e. The Kier molecular flexibility index (Phi) is 5.51. The SMILES string of the molecule is Cc1cccc(C)c1NC(=O)CN(C)CCC(=O)O. The zero-order valence-electron chi connectivity index (χ0n) is 11.6. The number of rotatable bonds is 6. The van der Waals surface area contributed by atoms with Crippen molar-refractivity contribution < 1.29 is 14.7 Å². The summed E-state index contributed by atoms with van der Waals surface area (Å²) in [6.45, 7) is 4.42. The molecule has 0 heterocycles. The highest BCUT2D eigenvalue weighted by Crippen LogP contribution is 2.19. The predicted octanol–water partition coefficient (Wildman–Crippen LogP) is 1.65. The van der Waals surface area contributed by atoms with Crippen LogP contribution in [0.1, 0.15) is 17.5 Å². The number of hydrogen-bond donors (Lipinski definition) is 2. The second kappa shape index (κ2) is 6.89. The molecule has 5 nitrogen and oxygen atoms in total. The lowest BCUT2D eigenvalue weighted by Gasteiger charge is -2.16. The van der Waals surface area contributed by atoms with Crippen LogP contribution in [0.2, 0.25) is 0 Å². The third kappa shape index (κ3) is 5.09. The summed E-state index contributed by atoms with van der Waals surface area (Å²) in [4.78, 5) is 24.0. The molecule has 0 aliphatic heterocycles. The summed E-state index contributed by atoms with van der Waals surface area (Å²) in [5, 5.41) is 11.4. The van der Waals surface area contributed by atoms with Gasteiger partial charge in [0.05, 0.1) is 13.0 Å². The van der Waals surface area contributed by atoms with E-state index in [1.54, 1.807) is 11.9 Å². The standard InChI is InChI=1S/C14H20N2O3/c1-10-5-4-6-11(2)14(10)15-12(17)9-16(3)8-7-13(18)19/h4-6H,7-9H2,1-3H3,(H,15,17)(H,18,19). The summed E-state index contributed by atoms with van der Waals surface area (Å²) < 4.78 is 0. The molecular weight excluding hydrogens is 244 g/mol. The smallest absolute Gasteiger partial charge is 0.304 e. The lowest BCUT2D eigenvalue weighted by atomic mass is 10.1. The molecule has 0 radical (unpaired) electrons. The van der Waals surface area contributed by atoms with Gasteiger partial charge in [0.2, 0.25) is 5.91 Å². The third-order valence-corrected chi connectivity index (χ3v) is 2.87. The molecule has 2 N–H and O–H groups in total. The summed E-state index contributed by atoms with van der Waals surface area (Å²) in [7, 11) is 1.73. The maximum atomic E-state index is 11.9. The van der Waals surface area contributed by atoms with Crippen molar-refractivity contribution in [2.24, 2.45) is 0 Å². The lowest BCUT2D eigenvalue weighted by Crippen LogP contribution is -2.32. The second-order valence-corrected chi connectivity index (χ2v) is 4.70. The molecule has 0 aliphatic rings. The molecule has 1 aromatic rings. The van der Waals surface area contributed by atoms with Crippen LogP contribution >= 0.6 is 0 Å². The number of carbonyl (C=O) groups excluding carboxylic acids is 1. The zero-order valence-corrected chi connectivity index (χ0v) is 11.6. The highest BCUT2D eigenvalue weighted by Gasteiger charge is 2.10. The highest BCUT2D eigenvalue weighted by atomic mass is 16.4. The molecule has 0 atom stereocenters. The van der Waals surface area contributed by atoms with Gasteiger partial charge in [-0.15, -0.1) is 0 Å². The van der Waals surface area contributed by atoms with E-state index in [2.05, 4.69) is 5.32 Å². The number of hydrogen-bond acceptors (Lipinski definition) is 3. The molecule has 0 fully saturated rings. The molecule has 0 aromatic heterocycles. The van der Waals surface area contributed by atoms with Crippen molar-refractivity contribution in [3.05, 3.63) is 29.3 Å². The Bertz CT molecular complexity index is 452. The number of carboxylic acids is 1. The number of aryl methyl sites for hydroxylation is 2. The van der Waals surface area contributed by atoms with E-state index in [0.717, 1.165) is 16.8 Å². The number of anilines is 1. The number of nitrogens with zero attached hydrogens (tertiary/aromatic N) is 1. The van der Waals surface area contributed by atoms with Gasteiger partial charge in [-0.25, -0.2) is 0 Å². The van der Waals surface area contributed by atoms with E-state index < -0.39 is 5.97 Å². The van der Waals surface area contributed by atoms with Crippen molar-refractivity contribution in [1.82, 2.24) is 4.90 Å². The van der Waals surface area contributed by atoms with Gasteiger partial charge in [-0.2, -0.15) is 0 Å². The Labute approximate surface area is 113 Å². The zero-order chi connectivity index (χ0) is 14.4. The number of nitrogens with one attached hydrogen (secondary N) is 1. The minimum absolute atomic E-state index is 0.0349. The average molecular weight is 264 g/mol. The molecule has 0 spiro atoms. The van der Waals surface area contributed by atoms with E-state index in [0.29, 0.717) is 6.54 Å². The van der Waals surface area contributed by atoms with Gasteiger partial charge in [0.25, 0.3) is 0 Å². The quantitative estimate of drug-likeness (QED) is 0.819. The Morgan fingerprint density at radius 1 is 1.26 bits per heavy atom. The van der Waals surface area contributed by atoms with E-state index in [9.17, 15) is 9.59 Å². The second-order valence-electron chi connectivity index (χ2n) is 4.70. The van der Waals surface area contributed by atoms with Crippen molar-refractivity contribution in [1.29, 1.82) is 0 Å². The van der Waals surface area contributed by atoms with Crippen LogP contribution in [0.5, 0.6) is 0 Å². The van der Waals surface area contributed by atoms with Crippen molar-refractivity contribution in [3.8, 4) is 0 Å². The van der Waals surface area contributed by atoms with Crippen LogP contribution in [0, 0.1) is 13.8 Å². The monoisotopic (exact) mass is 264 g/mol. The Morgan fingerprint density at radius 3 is 2.37 bits per heavy atom. The van der Waals surface area contributed by atoms with Crippen molar-refractivity contribution >= 4 is 17.6 Å². The molecule has 1 amide bonds. The van der Waals surface area contributed by atoms with Crippen LogP contribution in [-0.2, 0) is 9.59 Å². The van der Waals surface area contributed by atoms with Gasteiger partial charge in [0.15, 0.2) is 0 Å². The van der Waals surface area contributed by atoms with Gasteiger partial charge in [-0.3, -0.25) is 14.5 Å². The van der Waals surface area contributed by atoms with Gasteiger partial charge in [0, 0.05) is 12.2 Å². The van der Waals surface area contributed by atoms with Gasteiger partial charge in [0.1, 0.15) is 0 Å². The number of benzene rings is 1. The van der Waals surface area contributed by atoms with E-state index in [1.807, 2.05) is 32.0 Å². The maximum Gasteiger partial charge on any atom is 0.304 e. The van der Waals surface area contributed by atoms with Gasteiger partial charge in [-0.1, -0.05) is 18.2 Å². The van der Waals surface area contributed by atoms with E-state index >= 15 is 0 Å². The van der Waals surface area contributed by atoms with Crippen LogP contribution in [0.15, 0.2) is 18.2 Å². The molecule has 5 heteroatoms. The topological polar surface area (TPSA) is 69.6 Å². The van der Waals surface area contributed by atoms with E-state index in [4.69, 9.17) is 5.11 Å². The Hall–Kier alpha value is -1.88. The van der Waals surface area contributed by atoms with Crippen LogP contribution < -0.4 is 5.32 Å². The summed E-state index contributed by atoms with van der Waals surface area (Å²) >= 11 is 0. The van der Waals surface area contributed by atoms with Crippen molar-refractivity contribution in [3.63, 3.8) is 0 Å². The maximum absolute atomic E-state index is 11.9. The summed E-state index contributed by atoms with van der Waals surface area (Å²) in [5.74, 6) is -0.993. The summed E-state index contributed by atoms with van der Waals surface area (Å²) in [6, 6.07) is 5.83. The molecular formula is C14H20N2O3.